The number of thioether (sulfide) groups is 1. The maximum absolute atomic E-state index is 10.9. The van der Waals surface area contributed by atoms with E-state index in [1.54, 1.807) is 23.9 Å². The maximum atomic E-state index is 10.9. The van der Waals surface area contributed by atoms with Crippen LogP contribution in [0, 0.1) is 17.0 Å². The molecule has 2 aromatic carbocycles. The second-order valence-corrected chi connectivity index (χ2v) is 6.75. The van der Waals surface area contributed by atoms with E-state index in [2.05, 4.69) is 22.3 Å². The van der Waals surface area contributed by atoms with Gasteiger partial charge in [0.25, 0.3) is 5.69 Å². The van der Waals surface area contributed by atoms with E-state index in [0.717, 1.165) is 4.90 Å². The van der Waals surface area contributed by atoms with Crippen molar-refractivity contribution in [2.24, 2.45) is 0 Å². The molecule has 1 heterocycles. The summed E-state index contributed by atoms with van der Waals surface area (Å²) in [6, 6.07) is 14.4. The molecule has 0 bridgehead atoms. The standard InChI is InChI=1S/C17H15N3O3S/c1-11-6-8-15(9-7-11)24-12(2)17-18-16(19-23-17)13-4-3-5-14(10-13)20(21)22/h3-10,12H,1-2H3/t12-/m0/s1. The Morgan fingerprint density at radius 1 is 1.21 bits per heavy atom. The first-order chi connectivity index (χ1) is 11.5. The molecule has 122 valence electrons. The van der Waals surface area contributed by atoms with Crippen LogP contribution >= 0.6 is 11.8 Å². The lowest BCUT2D eigenvalue weighted by molar-refractivity contribution is -0.384. The molecule has 0 radical (unpaired) electrons. The molecule has 3 rings (SSSR count). The molecule has 1 atom stereocenters. The van der Waals surface area contributed by atoms with Gasteiger partial charge in [-0.3, -0.25) is 10.1 Å². The first-order valence-corrected chi connectivity index (χ1v) is 8.22. The summed E-state index contributed by atoms with van der Waals surface area (Å²) in [6.07, 6.45) is 0. The van der Waals surface area contributed by atoms with E-state index in [9.17, 15) is 10.1 Å². The molecule has 7 heteroatoms. The minimum Gasteiger partial charge on any atom is -0.338 e. The fourth-order valence-corrected chi connectivity index (χ4v) is 3.05. The van der Waals surface area contributed by atoms with Gasteiger partial charge >= 0.3 is 0 Å². The van der Waals surface area contributed by atoms with E-state index in [4.69, 9.17) is 4.52 Å². The van der Waals surface area contributed by atoms with E-state index in [-0.39, 0.29) is 10.9 Å². The van der Waals surface area contributed by atoms with Gasteiger partial charge in [-0.15, -0.1) is 11.8 Å². The van der Waals surface area contributed by atoms with Gasteiger partial charge in [-0.2, -0.15) is 4.98 Å². The third-order valence-electron chi connectivity index (χ3n) is 3.44. The summed E-state index contributed by atoms with van der Waals surface area (Å²) in [5.41, 5.74) is 1.77. The number of nitrogens with zero attached hydrogens (tertiary/aromatic N) is 3. The minimum absolute atomic E-state index is 0.000860. The summed E-state index contributed by atoms with van der Waals surface area (Å²) in [5, 5.41) is 14.8. The summed E-state index contributed by atoms with van der Waals surface area (Å²) in [4.78, 5) is 15.9. The third-order valence-corrected chi connectivity index (χ3v) is 4.54. The lowest BCUT2D eigenvalue weighted by Gasteiger charge is -2.06. The van der Waals surface area contributed by atoms with E-state index >= 15 is 0 Å². The number of hydrogen-bond acceptors (Lipinski definition) is 6. The average molecular weight is 341 g/mol. The fourth-order valence-electron chi connectivity index (χ4n) is 2.15. The zero-order valence-corrected chi connectivity index (χ0v) is 14.0. The van der Waals surface area contributed by atoms with Crippen molar-refractivity contribution < 1.29 is 9.45 Å². The van der Waals surface area contributed by atoms with Crippen molar-refractivity contribution in [3.8, 4) is 11.4 Å². The number of aryl methyl sites for hydroxylation is 1. The number of benzene rings is 2. The summed E-state index contributed by atoms with van der Waals surface area (Å²) in [6.45, 7) is 4.02. The predicted molar refractivity (Wildman–Crippen MR) is 91.8 cm³/mol. The van der Waals surface area contributed by atoms with Crippen LogP contribution in [0.3, 0.4) is 0 Å². The van der Waals surface area contributed by atoms with Crippen LogP contribution in [-0.2, 0) is 0 Å². The van der Waals surface area contributed by atoms with Gasteiger partial charge in [-0.1, -0.05) is 35.0 Å². The molecule has 6 nitrogen and oxygen atoms in total. The first-order valence-electron chi connectivity index (χ1n) is 7.34. The van der Waals surface area contributed by atoms with Crippen LogP contribution < -0.4 is 0 Å². The van der Waals surface area contributed by atoms with E-state index in [0.29, 0.717) is 17.3 Å². The lowest BCUT2D eigenvalue weighted by Crippen LogP contribution is -1.90. The van der Waals surface area contributed by atoms with Crippen LogP contribution in [0.2, 0.25) is 0 Å². The van der Waals surface area contributed by atoms with Gasteiger partial charge in [0.1, 0.15) is 0 Å². The zero-order valence-electron chi connectivity index (χ0n) is 13.2. The molecule has 0 saturated heterocycles. The van der Waals surface area contributed by atoms with Crippen LogP contribution in [0.15, 0.2) is 57.9 Å². The molecule has 0 saturated carbocycles. The molecule has 0 aliphatic carbocycles. The van der Waals surface area contributed by atoms with E-state index < -0.39 is 4.92 Å². The Hall–Kier alpha value is -2.67. The highest BCUT2D eigenvalue weighted by Gasteiger charge is 2.17. The van der Waals surface area contributed by atoms with Crippen molar-refractivity contribution in [2.45, 2.75) is 24.0 Å². The second kappa shape index (κ2) is 6.84. The molecular formula is C17H15N3O3S. The van der Waals surface area contributed by atoms with Crippen molar-refractivity contribution in [3.05, 3.63) is 70.1 Å². The van der Waals surface area contributed by atoms with E-state index in [1.807, 2.05) is 26.0 Å². The van der Waals surface area contributed by atoms with Gasteiger partial charge in [0.2, 0.25) is 11.7 Å². The number of rotatable bonds is 5. The highest BCUT2D eigenvalue weighted by atomic mass is 32.2. The molecule has 0 aliphatic heterocycles. The monoisotopic (exact) mass is 341 g/mol. The maximum Gasteiger partial charge on any atom is 0.270 e. The largest absolute Gasteiger partial charge is 0.338 e. The Morgan fingerprint density at radius 2 is 1.96 bits per heavy atom. The van der Waals surface area contributed by atoms with Crippen LogP contribution in [-0.4, -0.2) is 15.1 Å². The van der Waals surface area contributed by atoms with Crippen molar-refractivity contribution in [2.75, 3.05) is 0 Å². The van der Waals surface area contributed by atoms with E-state index in [1.165, 1.54) is 17.7 Å². The summed E-state index contributed by atoms with van der Waals surface area (Å²) in [5.74, 6) is 0.840. The topological polar surface area (TPSA) is 82.1 Å². The Kier molecular flexibility index (Phi) is 4.61. The van der Waals surface area contributed by atoms with Crippen molar-refractivity contribution in [1.29, 1.82) is 0 Å². The summed E-state index contributed by atoms with van der Waals surface area (Å²) < 4.78 is 5.33. The van der Waals surface area contributed by atoms with Gasteiger partial charge in [0.15, 0.2) is 0 Å². The number of non-ortho nitro benzene ring substituents is 1. The van der Waals surface area contributed by atoms with Crippen molar-refractivity contribution in [1.82, 2.24) is 10.1 Å². The molecule has 0 N–H and O–H groups in total. The highest BCUT2D eigenvalue weighted by molar-refractivity contribution is 7.99. The number of aromatic nitrogens is 2. The zero-order chi connectivity index (χ0) is 17.1. The normalized spacial score (nSPS) is 12.1. The summed E-state index contributed by atoms with van der Waals surface area (Å²) >= 11 is 1.62. The molecule has 0 unspecified atom stereocenters. The molecule has 0 amide bonds. The molecule has 0 aliphatic rings. The quantitative estimate of drug-likeness (QED) is 0.376. The Morgan fingerprint density at radius 3 is 2.67 bits per heavy atom. The first kappa shape index (κ1) is 16.2. The number of hydrogen-bond donors (Lipinski definition) is 0. The molecule has 24 heavy (non-hydrogen) atoms. The average Bonchev–Trinajstić information content (AvgIpc) is 3.07. The van der Waals surface area contributed by atoms with Crippen LogP contribution in [0.4, 0.5) is 5.69 Å². The van der Waals surface area contributed by atoms with Crippen molar-refractivity contribution in [3.63, 3.8) is 0 Å². The molecule has 3 aromatic rings. The Labute approximate surface area is 143 Å². The smallest absolute Gasteiger partial charge is 0.270 e. The Balaban J connectivity index is 1.78. The van der Waals surface area contributed by atoms with Gasteiger partial charge < -0.3 is 4.52 Å². The molecular weight excluding hydrogens is 326 g/mol. The minimum atomic E-state index is -0.444. The predicted octanol–water partition coefficient (Wildman–Crippen LogP) is 4.81. The molecule has 1 aromatic heterocycles. The molecule has 0 fully saturated rings. The van der Waals surface area contributed by atoms with Gasteiger partial charge in [-0.25, -0.2) is 0 Å². The van der Waals surface area contributed by atoms with Crippen LogP contribution in [0.25, 0.3) is 11.4 Å². The number of nitro groups is 1. The number of nitro benzene ring substituents is 1. The van der Waals surface area contributed by atoms with Gasteiger partial charge in [0.05, 0.1) is 10.2 Å². The lowest BCUT2D eigenvalue weighted by atomic mass is 10.2. The third kappa shape index (κ3) is 3.62. The van der Waals surface area contributed by atoms with Crippen LogP contribution in [0.5, 0.6) is 0 Å². The second-order valence-electron chi connectivity index (χ2n) is 5.34. The Bertz CT molecular complexity index is 862. The van der Waals surface area contributed by atoms with Gasteiger partial charge in [-0.05, 0) is 26.0 Å². The SMILES string of the molecule is Cc1ccc(S[C@@H](C)c2nc(-c3cccc([N+](=O)[O-])c3)no2)cc1. The van der Waals surface area contributed by atoms with Crippen molar-refractivity contribution >= 4 is 17.4 Å². The van der Waals surface area contributed by atoms with Gasteiger partial charge in [0, 0.05) is 22.6 Å². The highest BCUT2D eigenvalue weighted by Crippen LogP contribution is 2.34. The summed E-state index contributed by atoms with van der Waals surface area (Å²) in [7, 11) is 0. The fraction of sp³-hybridized carbons (Fsp3) is 0.176. The molecule has 0 spiro atoms. The van der Waals surface area contributed by atoms with Crippen LogP contribution in [0.1, 0.15) is 23.6 Å².